The van der Waals surface area contributed by atoms with Crippen molar-refractivity contribution in [1.82, 2.24) is 0 Å². The Kier molecular flexibility index (Phi) is 11.6. The van der Waals surface area contributed by atoms with Crippen LogP contribution in [0.4, 0.5) is 11.4 Å². The van der Waals surface area contributed by atoms with Gasteiger partial charge in [-0.15, -0.1) is 0 Å². The molecule has 32 heavy (non-hydrogen) atoms. The van der Waals surface area contributed by atoms with Crippen LogP contribution >= 0.6 is 0 Å². The number of rotatable bonds is 13. The van der Waals surface area contributed by atoms with Crippen LogP contribution in [0.25, 0.3) is 0 Å². The first-order valence-electron chi connectivity index (χ1n) is 11.7. The maximum Gasteiger partial charge on any atom is 1.00 e. The van der Waals surface area contributed by atoms with Crippen molar-refractivity contribution in [1.29, 1.82) is 0 Å². The summed E-state index contributed by atoms with van der Waals surface area (Å²) in [7, 11) is -4.46. The number of fused-ring (bicyclic) bond motifs is 1. The molecule has 1 aliphatic rings. The van der Waals surface area contributed by atoms with Gasteiger partial charge in [-0.05, 0) is 36.6 Å². The summed E-state index contributed by atoms with van der Waals surface area (Å²) in [6.07, 6.45) is 12.7. The third kappa shape index (κ3) is 8.07. The van der Waals surface area contributed by atoms with Crippen LogP contribution in [-0.2, 0) is 16.7 Å². The Morgan fingerprint density at radius 2 is 1.53 bits per heavy atom. The Labute approximate surface area is 216 Å². The summed E-state index contributed by atoms with van der Waals surface area (Å²) in [6.45, 7) is 2.99. The standard InChI is InChI=1S/C25H36N2O3S.Na/c1-2-3-4-5-6-7-8-9-13-16-25-26-23-19-22(31(28,29)30)17-18-24(23)27(25)20-21-14-11-10-12-15-21;/h10-12,14-15,17-19,25-26H,2-9,13,16,20H2,1H3,(H,28,29,30);/q;+1/p-1. The number of benzene rings is 2. The fourth-order valence-corrected chi connectivity index (χ4v) is 4.81. The summed E-state index contributed by atoms with van der Waals surface area (Å²) < 4.78 is 34.3. The minimum Gasteiger partial charge on any atom is -0.744 e. The van der Waals surface area contributed by atoms with Crippen LogP contribution in [0.3, 0.4) is 0 Å². The van der Waals surface area contributed by atoms with Crippen LogP contribution in [0.2, 0.25) is 0 Å². The van der Waals surface area contributed by atoms with E-state index >= 15 is 0 Å². The summed E-state index contributed by atoms with van der Waals surface area (Å²) in [5.74, 6) is 0. The van der Waals surface area contributed by atoms with E-state index in [1.807, 2.05) is 18.2 Å². The Hall–Kier alpha value is -1.05. The molecule has 1 N–H and O–H groups in total. The van der Waals surface area contributed by atoms with Crippen molar-refractivity contribution < 1.29 is 42.5 Å². The third-order valence-electron chi connectivity index (χ3n) is 6.04. The zero-order chi connectivity index (χ0) is 22.1. The van der Waals surface area contributed by atoms with E-state index < -0.39 is 10.1 Å². The second-order valence-corrected chi connectivity index (χ2v) is 9.90. The van der Waals surface area contributed by atoms with Gasteiger partial charge >= 0.3 is 29.6 Å². The van der Waals surface area contributed by atoms with Gasteiger partial charge in [-0.3, -0.25) is 0 Å². The zero-order valence-corrected chi connectivity index (χ0v) is 22.4. The van der Waals surface area contributed by atoms with Gasteiger partial charge in [0.25, 0.3) is 0 Å². The van der Waals surface area contributed by atoms with Gasteiger partial charge < -0.3 is 14.8 Å². The van der Waals surface area contributed by atoms with Crippen molar-refractivity contribution in [3.8, 4) is 0 Å². The van der Waals surface area contributed by atoms with E-state index in [0.717, 1.165) is 30.8 Å². The van der Waals surface area contributed by atoms with Gasteiger partial charge in [0.1, 0.15) is 10.1 Å². The van der Waals surface area contributed by atoms with Gasteiger partial charge in [0.05, 0.1) is 22.4 Å². The monoisotopic (exact) mass is 466 g/mol. The molecule has 1 aliphatic heterocycles. The molecule has 1 atom stereocenters. The van der Waals surface area contributed by atoms with E-state index in [4.69, 9.17) is 0 Å². The maximum absolute atomic E-state index is 11.4. The molecule has 3 rings (SSSR count). The van der Waals surface area contributed by atoms with Crippen LogP contribution in [0, 0.1) is 0 Å². The van der Waals surface area contributed by atoms with Crippen LogP contribution in [-0.4, -0.2) is 19.1 Å². The average Bonchev–Trinajstić information content (AvgIpc) is 3.09. The second-order valence-electron chi connectivity index (χ2n) is 8.52. The van der Waals surface area contributed by atoms with Crippen molar-refractivity contribution in [2.75, 3.05) is 10.2 Å². The smallest absolute Gasteiger partial charge is 0.744 e. The van der Waals surface area contributed by atoms with Gasteiger partial charge in [-0.2, -0.15) is 0 Å². The molecule has 1 unspecified atom stereocenters. The molecule has 5 nitrogen and oxygen atoms in total. The van der Waals surface area contributed by atoms with Crippen molar-refractivity contribution in [3.05, 3.63) is 54.1 Å². The summed E-state index contributed by atoms with van der Waals surface area (Å²) >= 11 is 0. The summed E-state index contributed by atoms with van der Waals surface area (Å²) in [4.78, 5) is 2.11. The van der Waals surface area contributed by atoms with Gasteiger partial charge in [0.15, 0.2) is 0 Å². The number of hydrogen-bond acceptors (Lipinski definition) is 5. The number of hydrogen-bond donors (Lipinski definition) is 1. The molecular formula is C25H35N2NaO3S. The minimum absolute atomic E-state index is 0. The summed E-state index contributed by atoms with van der Waals surface area (Å²) in [5, 5.41) is 3.47. The first-order valence-corrected chi connectivity index (χ1v) is 13.1. The largest absolute Gasteiger partial charge is 1.00 e. The molecule has 0 fully saturated rings. The molecule has 0 saturated carbocycles. The minimum atomic E-state index is -4.46. The van der Waals surface area contributed by atoms with Crippen LogP contribution in [0.1, 0.15) is 76.7 Å². The summed E-state index contributed by atoms with van der Waals surface area (Å²) in [6, 6.07) is 14.9. The zero-order valence-electron chi connectivity index (χ0n) is 19.6. The Balaban J connectivity index is 0.00000363. The first-order chi connectivity index (χ1) is 15.0. The fraction of sp³-hybridized carbons (Fsp3) is 0.520. The molecular weight excluding hydrogens is 431 g/mol. The molecule has 0 aromatic heterocycles. The number of unbranched alkanes of at least 4 members (excludes halogenated alkanes) is 8. The molecule has 0 saturated heterocycles. The molecule has 0 spiro atoms. The van der Waals surface area contributed by atoms with E-state index in [9.17, 15) is 13.0 Å². The van der Waals surface area contributed by atoms with Crippen molar-refractivity contribution in [2.45, 2.75) is 88.7 Å². The number of nitrogens with one attached hydrogen (secondary N) is 1. The first kappa shape index (κ1) is 27.2. The van der Waals surface area contributed by atoms with E-state index in [-0.39, 0.29) is 40.6 Å². The molecule has 0 bridgehead atoms. The van der Waals surface area contributed by atoms with Crippen LogP contribution < -0.4 is 39.8 Å². The van der Waals surface area contributed by atoms with Crippen molar-refractivity contribution >= 4 is 21.5 Å². The molecule has 2 aromatic rings. The maximum atomic E-state index is 11.4. The van der Waals surface area contributed by atoms with Crippen LogP contribution in [0.5, 0.6) is 0 Å². The predicted octanol–water partition coefficient (Wildman–Crippen LogP) is 3.27. The van der Waals surface area contributed by atoms with Gasteiger partial charge in [0, 0.05) is 6.54 Å². The van der Waals surface area contributed by atoms with E-state index in [1.54, 1.807) is 6.07 Å². The molecule has 7 heteroatoms. The average molecular weight is 467 g/mol. The van der Waals surface area contributed by atoms with Gasteiger partial charge in [-0.25, -0.2) is 8.42 Å². The van der Waals surface area contributed by atoms with Crippen molar-refractivity contribution in [2.24, 2.45) is 0 Å². The quantitative estimate of drug-likeness (QED) is 0.279. The number of anilines is 2. The van der Waals surface area contributed by atoms with Gasteiger partial charge in [0.2, 0.25) is 0 Å². The Bertz CT molecular complexity index is 922. The summed E-state index contributed by atoms with van der Waals surface area (Å²) in [5.41, 5.74) is 2.89. The normalized spacial score (nSPS) is 15.2. The molecule has 0 aliphatic carbocycles. The second kappa shape index (κ2) is 13.6. The fourth-order valence-electron chi connectivity index (χ4n) is 4.31. The number of nitrogens with zero attached hydrogens (tertiary/aromatic N) is 1. The molecule has 170 valence electrons. The topological polar surface area (TPSA) is 72.5 Å². The van der Waals surface area contributed by atoms with Gasteiger partial charge in [-0.1, -0.05) is 88.6 Å². The van der Waals surface area contributed by atoms with E-state index in [0.29, 0.717) is 0 Å². The van der Waals surface area contributed by atoms with E-state index in [1.165, 1.54) is 69.1 Å². The molecule has 0 amide bonds. The molecule has 2 aromatic carbocycles. The van der Waals surface area contributed by atoms with Crippen LogP contribution in [0.15, 0.2) is 53.4 Å². The predicted molar refractivity (Wildman–Crippen MR) is 126 cm³/mol. The van der Waals surface area contributed by atoms with Crippen molar-refractivity contribution in [3.63, 3.8) is 0 Å². The SMILES string of the molecule is CCCCCCCCCCCC1Nc2cc(S(=O)(=O)[O-])ccc2N1Cc1ccccc1.[Na+]. The van der Waals surface area contributed by atoms with E-state index in [2.05, 4.69) is 29.3 Å². The Morgan fingerprint density at radius 3 is 2.16 bits per heavy atom. The molecule has 1 heterocycles. The Morgan fingerprint density at radius 1 is 0.906 bits per heavy atom. The third-order valence-corrected chi connectivity index (χ3v) is 6.87. The molecule has 0 radical (unpaired) electrons.